The minimum atomic E-state index is 0.598. The van der Waals surface area contributed by atoms with Gasteiger partial charge in [-0.25, -0.2) is 9.97 Å². The van der Waals surface area contributed by atoms with Crippen LogP contribution in [0.5, 0.6) is 0 Å². The minimum Gasteiger partial charge on any atom is -0.317 e. The molecule has 1 N–H and O–H groups in total. The molecule has 1 aromatic rings. The van der Waals surface area contributed by atoms with Gasteiger partial charge < -0.3 is 5.32 Å². The third-order valence-electron chi connectivity index (χ3n) is 2.50. The van der Waals surface area contributed by atoms with Crippen molar-refractivity contribution in [3.05, 3.63) is 17.4 Å². The van der Waals surface area contributed by atoms with Crippen LogP contribution in [0.2, 0.25) is 5.02 Å². The van der Waals surface area contributed by atoms with Gasteiger partial charge in [0, 0.05) is 5.75 Å². The van der Waals surface area contributed by atoms with Crippen molar-refractivity contribution in [2.24, 2.45) is 5.92 Å². The maximum Gasteiger partial charge on any atom is 0.187 e. The van der Waals surface area contributed by atoms with Crippen molar-refractivity contribution in [2.45, 2.75) is 18.0 Å². The van der Waals surface area contributed by atoms with Gasteiger partial charge in [0.15, 0.2) is 5.16 Å². The van der Waals surface area contributed by atoms with E-state index in [1.807, 2.05) is 0 Å². The van der Waals surface area contributed by atoms with Crippen LogP contribution in [-0.2, 0) is 0 Å². The highest BCUT2D eigenvalue weighted by Crippen LogP contribution is 2.22. The molecule has 15 heavy (non-hydrogen) atoms. The molecule has 0 amide bonds. The Bertz CT molecular complexity index is 298. The van der Waals surface area contributed by atoms with Crippen LogP contribution >= 0.6 is 23.4 Å². The largest absolute Gasteiger partial charge is 0.317 e. The van der Waals surface area contributed by atoms with E-state index in [1.165, 1.54) is 12.8 Å². The summed E-state index contributed by atoms with van der Waals surface area (Å²) in [7, 11) is 0. The van der Waals surface area contributed by atoms with Crippen molar-refractivity contribution < 1.29 is 0 Å². The van der Waals surface area contributed by atoms with Gasteiger partial charge in [0.25, 0.3) is 0 Å². The summed E-state index contributed by atoms with van der Waals surface area (Å²) in [5.41, 5.74) is 0. The first kappa shape index (κ1) is 11.2. The molecule has 0 spiro atoms. The Kier molecular flexibility index (Phi) is 4.23. The third kappa shape index (κ3) is 3.63. The molecule has 0 saturated carbocycles. The molecule has 0 radical (unpaired) electrons. The van der Waals surface area contributed by atoms with E-state index in [0.717, 1.165) is 29.9 Å². The van der Waals surface area contributed by atoms with Gasteiger partial charge in [-0.1, -0.05) is 23.4 Å². The molecule has 1 saturated heterocycles. The Balaban J connectivity index is 1.79. The number of nitrogens with one attached hydrogen (secondary N) is 1. The summed E-state index contributed by atoms with van der Waals surface area (Å²) in [6, 6.07) is 0. The topological polar surface area (TPSA) is 37.8 Å². The molecular formula is C10H14ClN3S. The summed E-state index contributed by atoms with van der Waals surface area (Å²) < 4.78 is 0. The quantitative estimate of drug-likeness (QED) is 0.653. The zero-order chi connectivity index (χ0) is 10.5. The van der Waals surface area contributed by atoms with Crippen LogP contribution in [0.25, 0.3) is 0 Å². The number of hydrogen-bond acceptors (Lipinski definition) is 4. The van der Waals surface area contributed by atoms with Gasteiger partial charge in [0.1, 0.15) is 0 Å². The first-order valence-electron chi connectivity index (χ1n) is 5.15. The molecule has 0 unspecified atom stereocenters. The summed E-state index contributed by atoms with van der Waals surface area (Å²) in [4.78, 5) is 8.33. The molecule has 2 heterocycles. The number of halogens is 1. The Morgan fingerprint density at radius 1 is 1.33 bits per heavy atom. The second-order valence-electron chi connectivity index (χ2n) is 3.69. The first-order chi connectivity index (χ1) is 7.34. The third-order valence-corrected chi connectivity index (χ3v) is 3.81. The number of thioether (sulfide) groups is 1. The summed E-state index contributed by atoms with van der Waals surface area (Å²) in [6.07, 6.45) is 5.83. The molecule has 0 bridgehead atoms. The number of nitrogens with zero attached hydrogens (tertiary/aromatic N) is 2. The molecular weight excluding hydrogens is 230 g/mol. The van der Waals surface area contributed by atoms with Gasteiger partial charge in [0.2, 0.25) is 0 Å². The molecule has 1 aliphatic heterocycles. The highest BCUT2D eigenvalue weighted by molar-refractivity contribution is 7.99. The van der Waals surface area contributed by atoms with Crippen molar-refractivity contribution in [3.8, 4) is 0 Å². The maximum absolute atomic E-state index is 5.72. The van der Waals surface area contributed by atoms with E-state index >= 15 is 0 Å². The molecule has 0 aromatic carbocycles. The SMILES string of the molecule is Clc1cnc(SCC2CCNCC2)nc1. The second kappa shape index (κ2) is 5.68. The van der Waals surface area contributed by atoms with E-state index in [0.29, 0.717) is 5.02 Å². The van der Waals surface area contributed by atoms with Crippen LogP contribution in [0.1, 0.15) is 12.8 Å². The molecule has 0 atom stereocenters. The Morgan fingerprint density at radius 3 is 2.67 bits per heavy atom. The lowest BCUT2D eigenvalue weighted by atomic mass is 10.0. The van der Waals surface area contributed by atoms with Crippen molar-refractivity contribution >= 4 is 23.4 Å². The second-order valence-corrected chi connectivity index (χ2v) is 5.11. The van der Waals surface area contributed by atoms with Crippen LogP contribution in [0.15, 0.2) is 17.6 Å². The molecule has 3 nitrogen and oxygen atoms in total. The molecule has 82 valence electrons. The van der Waals surface area contributed by atoms with Gasteiger partial charge in [-0.2, -0.15) is 0 Å². The monoisotopic (exact) mass is 243 g/mol. The summed E-state index contributed by atoms with van der Waals surface area (Å²) >= 11 is 7.45. The standard InChI is InChI=1S/C10H14ClN3S/c11-9-5-13-10(14-6-9)15-7-8-1-3-12-4-2-8/h5-6,8,12H,1-4,7H2. The fourth-order valence-corrected chi connectivity index (χ4v) is 2.69. The smallest absolute Gasteiger partial charge is 0.187 e. The van der Waals surface area contributed by atoms with E-state index in [2.05, 4.69) is 15.3 Å². The van der Waals surface area contributed by atoms with E-state index in [9.17, 15) is 0 Å². The fourth-order valence-electron chi connectivity index (χ4n) is 1.62. The van der Waals surface area contributed by atoms with Crippen molar-refractivity contribution in [1.82, 2.24) is 15.3 Å². The lowest BCUT2D eigenvalue weighted by Gasteiger charge is -2.21. The minimum absolute atomic E-state index is 0.598. The zero-order valence-corrected chi connectivity index (χ0v) is 10.0. The van der Waals surface area contributed by atoms with Gasteiger partial charge in [-0.3, -0.25) is 0 Å². The Morgan fingerprint density at radius 2 is 2.00 bits per heavy atom. The van der Waals surface area contributed by atoms with Crippen LogP contribution in [0, 0.1) is 5.92 Å². The summed E-state index contributed by atoms with van der Waals surface area (Å²) in [5.74, 6) is 1.92. The molecule has 1 aromatic heterocycles. The lowest BCUT2D eigenvalue weighted by Crippen LogP contribution is -2.28. The van der Waals surface area contributed by atoms with Crippen molar-refractivity contribution in [1.29, 1.82) is 0 Å². The summed E-state index contributed by atoms with van der Waals surface area (Å²) in [6.45, 7) is 2.29. The van der Waals surface area contributed by atoms with E-state index < -0.39 is 0 Å². The number of hydrogen-bond donors (Lipinski definition) is 1. The van der Waals surface area contributed by atoms with Crippen LogP contribution in [0.3, 0.4) is 0 Å². The first-order valence-corrected chi connectivity index (χ1v) is 6.52. The average molecular weight is 244 g/mol. The number of aromatic nitrogens is 2. The zero-order valence-electron chi connectivity index (χ0n) is 8.45. The normalized spacial score (nSPS) is 17.9. The summed E-state index contributed by atoms with van der Waals surface area (Å²) in [5, 5.41) is 4.79. The van der Waals surface area contributed by atoms with Crippen LogP contribution < -0.4 is 5.32 Å². The van der Waals surface area contributed by atoms with Gasteiger partial charge in [-0.05, 0) is 31.8 Å². The van der Waals surface area contributed by atoms with Gasteiger partial charge >= 0.3 is 0 Å². The predicted octanol–water partition coefficient (Wildman–Crippen LogP) is 2.22. The Hall–Kier alpha value is -0.320. The van der Waals surface area contributed by atoms with Crippen molar-refractivity contribution in [2.75, 3.05) is 18.8 Å². The average Bonchev–Trinajstić information content (AvgIpc) is 2.30. The van der Waals surface area contributed by atoms with E-state index in [1.54, 1.807) is 24.2 Å². The fraction of sp³-hybridized carbons (Fsp3) is 0.600. The lowest BCUT2D eigenvalue weighted by molar-refractivity contribution is 0.407. The molecule has 1 aliphatic rings. The van der Waals surface area contributed by atoms with Crippen molar-refractivity contribution in [3.63, 3.8) is 0 Å². The molecule has 0 aliphatic carbocycles. The highest BCUT2D eigenvalue weighted by Gasteiger charge is 2.13. The van der Waals surface area contributed by atoms with Crippen LogP contribution in [0.4, 0.5) is 0 Å². The van der Waals surface area contributed by atoms with Crippen LogP contribution in [-0.4, -0.2) is 28.8 Å². The van der Waals surface area contributed by atoms with E-state index in [-0.39, 0.29) is 0 Å². The molecule has 5 heteroatoms. The van der Waals surface area contributed by atoms with E-state index in [4.69, 9.17) is 11.6 Å². The number of rotatable bonds is 3. The number of piperidine rings is 1. The highest BCUT2D eigenvalue weighted by atomic mass is 35.5. The van der Waals surface area contributed by atoms with Gasteiger partial charge in [-0.15, -0.1) is 0 Å². The predicted molar refractivity (Wildman–Crippen MR) is 63.4 cm³/mol. The Labute approximate surface area is 99.0 Å². The molecule has 2 rings (SSSR count). The maximum atomic E-state index is 5.72. The molecule has 1 fully saturated rings. The van der Waals surface area contributed by atoms with Gasteiger partial charge in [0.05, 0.1) is 17.4 Å².